The molecule has 1 aliphatic carbocycles. The summed E-state index contributed by atoms with van der Waals surface area (Å²) in [4.78, 5) is 12.1. The van der Waals surface area contributed by atoms with E-state index in [1.54, 1.807) is 6.07 Å². The van der Waals surface area contributed by atoms with Gasteiger partial charge in [-0.1, -0.05) is 13.8 Å². The Morgan fingerprint density at radius 1 is 1.35 bits per heavy atom. The molecule has 1 saturated carbocycles. The van der Waals surface area contributed by atoms with Gasteiger partial charge in [-0.15, -0.1) is 11.3 Å². The SMILES string of the molecule is CC1(C)CCC(O)(CNC(=O)c2cc(Br)sc2Br)CC1. The molecule has 1 aliphatic rings. The smallest absolute Gasteiger partial charge is 0.253 e. The zero-order valence-electron chi connectivity index (χ0n) is 11.6. The van der Waals surface area contributed by atoms with Gasteiger partial charge in [-0.3, -0.25) is 4.79 Å². The van der Waals surface area contributed by atoms with Crippen LogP contribution in [0.4, 0.5) is 0 Å². The van der Waals surface area contributed by atoms with Crippen molar-refractivity contribution in [3.05, 3.63) is 19.2 Å². The van der Waals surface area contributed by atoms with Crippen molar-refractivity contribution in [2.45, 2.75) is 45.1 Å². The molecular formula is C14H19Br2NO2S. The van der Waals surface area contributed by atoms with E-state index in [-0.39, 0.29) is 5.91 Å². The molecule has 20 heavy (non-hydrogen) atoms. The average Bonchev–Trinajstić information content (AvgIpc) is 2.70. The molecule has 0 atom stereocenters. The molecule has 0 radical (unpaired) electrons. The Balaban J connectivity index is 1.92. The number of thiophene rings is 1. The Morgan fingerprint density at radius 2 is 1.95 bits per heavy atom. The molecule has 1 fully saturated rings. The largest absolute Gasteiger partial charge is 0.388 e. The van der Waals surface area contributed by atoms with Crippen LogP contribution in [0.25, 0.3) is 0 Å². The van der Waals surface area contributed by atoms with Crippen LogP contribution in [0.5, 0.6) is 0 Å². The minimum atomic E-state index is -0.759. The Morgan fingerprint density at radius 3 is 2.45 bits per heavy atom. The predicted molar refractivity (Wildman–Crippen MR) is 89.3 cm³/mol. The highest BCUT2D eigenvalue weighted by Gasteiger charge is 2.36. The lowest BCUT2D eigenvalue weighted by Gasteiger charge is -2.40. The quantitative estimate of drug-likeness (QED) is 0.758. The van der Waals surface area contributed by atoms with Gasteiger partial charge >= 0.3 is 0 Å². The molecule has 0 aliphatic heterocycles. The maximum absolute atomic E-state index is 12.1. The molecule has 0 saturated heterocycles. The van der Waals surface area contributed by atoms with Gasteiger partial charge in [-0.2, -0.15) is 0 Å². The predicted octanol–water partition coefficient (Wildman–Crippen LogP) is 4.33. The van der Waals surface area contributed by atoms with Gasteiger partial charge in [-0.25, -0.2) is 0 Å². The van der Waals surface area contributed by atoms with Crippen LogP contribution in [0.15, 0.2) is 13.6 Å². The van der Waals surface area contributed by atoms with Crippen LogP contribution < -0.4 is 5.32 Å². The van der Waals surface area contributed by atoms with Crippen molar-refractivity contribution in [1.82, 2.24) is 5.32 Å². The summed E-state index contributed by atoms with van der Waals surface area (Å²) in [5, 5.41) is 13.4. The molecule has 0 spiro atoms. The van der Waals surface area contributed by atoms with E-state index in [0.29, 0.717) is 17.5 Å². The molecule has 1 aromatic rings. The van der Waals surface area contributed by atoms with E-state index in [2.05, 4.69) is 51.0 Å². The molecule has 112 valence electrons. The van der Waals surface area contributed by atoms with Gasteiger partial charge in [0.25, 0.3) is 5.91 Å². The lowest BCUT2D eigenvalue weighted by atomic mass is 9.71. The Labute approximate surface area is 140 Å². The normalized spacial score (nSPS) is 20.6. The van der Waals surface area contributed by atoms with Gasteiger partial charge in [0.1, 0.15) is 0 Å². The number of carbonyl (C=O) groups is 1. The molecule has 0 aromatic carbocycles. The first-order valence-electron chi connectivity index (χ1n) is 6.66. The molecular weight excluding hydrogens is 406 g/mol. The average molecular weight is 425 g/mol. The number of carbonyl (C=O) groups excluding carboxylic acids is 1. The molecule has 1 amide bonds. The van der Waals surface area contributed by atoms with Crippen LogP contribution in [-0.2, 0) is 0 Å². The Bertz CT molecular complexity index is 503. The number of halogens is 2. The molecule has 1 heterocycles. The fraction of sp³-hybridized carbons (Fsp3) is 0.643. The van der Waals surface area contributed by atoms with Gasteiger partial charge in [0, 0.05) is 6.54 Å². The zero-order chi connectivity index (χ0) is 15.0. The fourth-order valence-electron chi connectivity index (χ4n) is 2.40. The Hall–Kier alpha value is 0.0900. The minimum Gasteiger partial charge on any atom is -0.388 e. The molecule has 2 rings (SSSR count). The second-order valence-corrected chi connectivity index (χ2v) is 10.1. The summed E-state index contributed by atoms with van der Waals surface area (Å²) in [6.45, 7) is 4.78. The summed E-state index contributed by atoms with van der Waals surface area (Å²) >= 11 is 8.21. The standard InChI is InChI=1S/C14H19Br2NO2S/c1-13(2)3-5-14(19,6-4-13)8-17-12(18)9-7-10(15)20-11(9)16/h7,19H,3-6,8H2,1-2H3,(H,17,18). The highest BCUT2D eigenvalue weighted by atomic mass is 79.9. The van der Waals surface area contributed by atoms with E-state index in [9.17, 15) is 9.90 Å². The second kappa shape index (κ2) is 6.07. The van der Waals surface area contributed by atoms with Crippen molar-refractivity contribution < 1.29 is 9.90 Å². The molecule has 0 bridgehead atoms. The third kappa shape index (κ3) is 4.06. The van der Waals surface area contributed by atoms with Crippen LogP contribution in [0.3, 0.4) is 0 Å². The van der Waals surface area contributed by atoms with E-state index in [1.165, 1.54) is 11.3 Å². The monoisotopic (exact) mass is 423 g/mol. The number of amides is 1. The molecule has 2 N–H and O–H groups in total. The molecule has 0 unspecified atom stereocenters. The van der Waals surface area contributed by atoms with E-state index in [4.69, 9.17) is 0 Å². The summed E-state index contributed by atoms with van der Waals surface area (Å²) in [6, 6.07) is 1.79. The summed E-state index contributed by atoms with van der Waals surface area (Å²) in [7, 11) is 0. The number of hydrogen-bond donors (Lipinski definition) is 2. The van der Waals surface area contributed by atoms with Crippen molar-refractivity contribution >= 4 is 49.1 Å². The number of nitrogens with one attached hydrogen (secondary N) is 1. The third-order valence-corrected chi connectivity index (χ3v) is 6.35. The summed E-state index contributed by atoms with van der Waals surface area (Å²) in [6.07, 6.45) is 3.48. The van der Waals surface area contributed by atoms with Crippen LogP contribution in [0.2, 0.25) is 0 Å². The number of aliphatic hydroxyl groups is 1. The van der Waals surface area contributed by atoms with Crippen LogP contribution in [0.1, 0.15) is 49.9 Å². The highest BCUT2D eigenvalue weighted by Crippen LogP contribution is 2.40. The van der Waals surface area contributed by atoms with Gasteiger partial charge in [0.2, 0.25) is 0 Å². The third-order valence-electron chi connectivity index (χ3n) is 4.01. The maximum Gasteiger partial charge on any atom is 0.253 e. The van der Waals surface area contributed by atoms with E-state index in [1.807, 2.05) is 0 Å². The van der Waals surface area contributed by atoms with Gasteiger partial charge in [0.05, 0.1) is 18.7 Å². The van der Waals surface area contributed by atoms with E-state index >= 15 is 0 Å². The molecule has 3 nitrogen and oxygen atoms in total. The molecule has 6 heteroatoms. The van der Waals surface area contributed by atoms with Crippen LogP contribution in [0, 0.1) is 5.41 Å². The second-order valence-electron chi connectivity index (χ2n) is 6.31. The lowest BCUT2D eigenvalue weighted by Crippen LogP contribution is -2.46. The van der Waals surface area contributed by atoms with Crippen molar-refractivity contribution in [3.63, 3.8) is 0 Å². The first kappa shape index (κ1) is 16.5. The van der Waals surface area contributed by atoms with Crippen LogP contribution in [-0.4, -0.2) is 23.2 Å². The summed E-state index contributed by atoms with van der Waals surface area (Å²) in [5.74, 6) is -0.142. The fourth-order valence-corrected chi connectivity index (χ4v) is 5.20. The first-order valence-corrected chi connectivity index (χ1v) is 9.07. The van der Waals surface area contributed by atoms with Crippen molar-refractivity contribution in [2.24, 2.45) is 5.41 Å². The molecule has 1 aromatic heterocycles. The first-order chi connectivity index (χ1) is 9.21. The minimum absolute atomic E-state index is 0.142. The zero-order valence-corrected chi connectivity index (χ0v) is 15.6. The van der Waals surface area contributed by atoms with E-state index in [0.717, 1.165) is 33.3 Å². The van der Waals surface area contributed by atoms with Crippen molar-refractivity contribution in [1.29, 1.82) is 0 Å². The number of rotatable bonds is 3. The van der Waals surface area contributed by atoms with Gasteiger partial charge in [-0.05, 0) is 69.0 Å². The lowest BCUT2D eigenvalue weighted by molar-refractivity contribution is -0.0233. The highest BCUT2D eigenvalue weighted by molar-refractivity contribution is 9.12. The topological polar surface area (TPSA) is 49.3 Å². The summed E-state index contributed by atoms with van der Waals surface area (Å²) < 4.78 is 1.71. The van der Waals surface area contributed by atoms with E-state index < -0.39 is 5.60 Å². The van der Waals surface area contributed by atoms with Gasteiger partial charge in [0.15, 0.2) is 0 Å². The Kier molecular flexibility index (Phi) is 4.99. The maximum atomic E-state index is 12.1. The number of hydrogen-bond acceptors (Lipinski definition) is 3. The van der Waals surface area contributed by atoms with Crippen LogP contribution >= 0.6 is 43.2 Å². The van der Waals surface area contributed by atoms with Crippen molar-refractivity contribution in [2.75, 3.05) is 6.54 Å². The van der Waals surface area contributed by atoms with Gasteiger partial charge < -0.3 is 10.4 Å². The summed E-state index contributed by atoms with van der Waals surface area (Å²) in [5.41, 5.74) is 0.157. The van der Waals surface area contributed by atoms with Crippen molar-refractivity contribution in [3.8, 4) is 0 Å².